The van der Waals surface area contributed by atoms with Gasteiger partial charge in [0.05, 0.1) is 11.4 Å². The maximum absolute atomic E-state index is 10.8. The number of halogens is 1. The van der Waals surface area contributed by atoms with E-state index in [9.17, 15) is 13.5 Å². The molecule has 0 aromatic heterocycles. The number of hydrogen-bond acceptors (Lipinski definition) is 3. The van der Waals surface area contributed by atoms with Crippen molar-refractivity contribution in [2.75, 3.05) is 0 Å². The van der Waals surface area contributed by atoms with Crippen LogP contribution < -0.4 is 0 Å². The molecule has 5 heteroatoms. The summed E-state index contributed by atoms with van der Waals surface area (Å²) < 4.78 is 21.6. The second kappa shape index (κ2) is 3.47. The van der Waals surface area contributed by atoms with Gasteiger partial charge in [0.15, 0.2) is 0 Å². The van der Waals surface area contributed by atoms with E-state index in [1.165, 1.54) is 0 Å². The second-order valence-electron chi connectivity index (χ2n) is 3.91. The van der Waals surface area contributed by atoms with E-state index in [1.807, 2.05) is 0 Å². The molecular weight excluding hydrogens is 236 g/mol. The summed E-state index contributed by atoms with van der Waals surface area (Å²) >= 11 is 0. The molecule has 0 radical (unpaired) electrons. The highest BCUT2D eigenvalue weighted by Gasteiger charge is 2.41. The van der Waals surface area contributed by atoms with E-state index in [-0.39, 0.29) is 5.75 Å². The molecule has 1 aromatic rings. The molecule has 15 heavy (non-hydrogen) atoms. The molecule has 1 fully saturated rings. The lowest BCUT2D eigenvalue weighted by Gasteiger charge is -2.08. The number of benzene rings is 1. The van der Waals surface area contributed by atoms with Crippen molar-refractivity contribution in [1.82, 2.24) is 0 Å². The molecule has 82 valence electrons. The monoisotopic (exact) mass is 246 g/mol. The van der Waals surface area contributed by atoms with Crippen LogP contribution in [0.3, 0.4) is 0 Å². The van der Waals surface area contributed by atoms with E-state index in [0.717, 1.165) is 18.4 Å². The number of hydrogen-bond donors (Lipinski definition) is 1. The van der Waals surface area contributed by atoms with Crippen molar-refractivity contribution in [1.29, 1.82) is 0 Å². The molecule has 0 atom stereocenters. The zero-order valence-electron chi connectivity index (χ0n) is 7.98. The maximum Gasteiger partial charge on any atom is 0.236 e. The van der Waals surface area contributed by atoms with Gasteiger partial charge in [-0.3, -0.25) is 0 Å². The summed E-state index contributed by atoms with van der Waals surface area (Å²) in [4.78, 5) is 0. The molecule has 1 aromatic carbocycles. The van der Waals surface area contributed by atoms with E-state index in [4.69, 9.17) is 10.7 Å². The third-order valence-corrected chi connectivity index (χ3v) is 3.56. The minimum atomic E-state index is -3.50. The molecule has 1 aliphatic rings. The van der Waals surface area contributed by atoms with Crippen LogP contribution in [-0.4, -0.2) is 13.5 Å². The van der Waals surface area contributed by atoms with Crippen LogP contribution in [0.25, 0.3) is 0 Å². The third kappa shape index (κ3) is 2.71. The Morgan fingerprint density at radius 3 is 2.20 bits per heavy atom. The lowest BCUT2D eigenvalue weighted by atomic mass is 10.1. The van der Waals surface area contributed by atoms with Gasteiger partial charge in [-0.25, -0.2) is 8.42 Å². The zero-order valence-corrected chi connectivity index (χ0v) is 9.55. The largest absolute Gasteiger partial charge is 0.385 e. The van der Waals surface area contributed by atoms with E-state index < -0.39 is 14.7 Å². The van der Waals surface area contributed by atoms with Crippen molar-refractivity contribution in [3.63, 3.8) is 0 Å². The summed E-state index contributed by atoms with van der Waals surface area (Å²) in [5.74, 6) is -0.173. The Balaban J connectivity index is 2.18. The van der Waals surface area contributed by atoms with Gasteiger partial charge in [0, 0.05) is 10.7 Å². The summed E-state index contributed by atoms with van der Waals surface area (Å²) in [6.07, 6.45) is 1.56. The predicted octanol–water partition coefficient (Wildman–Crippen LogP) is 1.74. The molecule has 0 unspecified atom stereocenters. The number of rotatable bonds is 3. The van der Waals surface area contributed by atoms with Crippen LogP contribution in [0, 0.1) is 0 Å². The first-order valence-corrected chi connectivity index (χ1v) is 7.11. The van der Waals surface area contributed by atoms with E-state index >= 15 is 0 Å². The summed E-state index contributed by atoms with van der Waals surface area (Å²) in [6, 6.07) is 6.88. The minimum absolute atomic E-state index is 0.173. The first-order valence-electron chi connectivity index (χ1n) is 4.63. The summed E-state index contributed by atoms with van der Waals surface area (Å²) in [5.41, 5.74) is 0.814. The van der Waals surface area contributed by atoms with Crippen molar-refractivity contribution in [3.05, 3.63) is 35.4 Å². The van der Waals surface area contributed by atoms with Gasteiger partial charge in [-0.15, -0.1) is 0 Å². The predicted molar refractivity (Wildman–Crippen MR) is 58.0 cm³/mol. The SMILES string of the molecule is O=S(=O)(Cl)Cc1ccc(C2(O)CC2)cc1. The van der Waals surface area contributed by atoms with Crippen molar-refractivity contribution in [3.8, 4) is 0 Å². The first-order chi connectivity index (χ1) is 6.89. The average molecular weight is 247 g/mol. The molecule has 1 saturated carbocycles. The molecule has 0 amide bonds. The van der Waals surface area contributed by atoms with Gasteiger partial charge in [0.2, 0.25) is 9.05 Å². The highest BCUT2D eigenvalue weighted by atomic mass is 35.7. The van der Waals surface area contributed by atoms with Gasteiger partial charge in [0.1, 0.15) is 0 Å². The number of aliphatic hydroxyl groups is 1. The smallest absolute Gasteiger partial charge is 0.236 e. The van der Waals surface area contributed by atoms with Crippen molar-refractivity contribution >= 4 is 19.7 Å². The Labute approximate surface area is 93.1 Å². The topological polar surface area (TPSA) is 54.4 Å². The molecule has 1 aliphatic carbocycles. The highest BCUT2D eigenvalue weighted by molar-refractivity contribution is 8.13. The van der Waals surface area contributed by atoms with Gasteiger partial charge >= 0.3 is 0 Å². The van der Waals surface area contributed by atoms with E-state index in [1.54, 1.807) is 24.3 Å². The molecule has 0 bridgehead atoms. The van der Waals surface area contributed by atoms with Crippen molar-refractivity contribution in [2.24, 2.45) is 0 Å². The van der Waals surface area contributed by atoms with Crippen LogP contribution in [0.15, 0.2) is 24.3 Å². The fourth-order valence-corrected chi connectivity index (χ4v) is 2.49. The quantitative estimate of drug-likeness (QED) is 0.827. The Kier molecular flexibility index (Phi) is 2.53. The molecule has 1 N–H and O–H groups in total. The summed E-state index contributed by atoms with van der Waals surface area (Å²) in [7, 11) is 1.63. The van der Waals surface area contributed by atoms with E-state index in [0.29, 0.717) is 5.56 Å². The highest BCUT2D eigenvalue weighted by Crippen LogP contribution is 2.45. The van der Waals surface area contributed by atoms with Gasteiger partial charge in [0.25, 0.3) is 0 Å². The molecule has 0 aliphatic heterocycles. The average Bonchev–Trinajstić information content (AvgIpc) is 2.83. The first kappa shape index (κ1) is 10.9. The van der Waals surface area contributed by atoms with Gasteiger partial charge in [-0.2, -0.15) is 0 Å². The van der Waals surface area contributed by atoms with Crippen LogP contribution in [0.2, 0.25) is 0 Å². The minimum Gasteiger partial charge on any atom is -0.385 e. The van der Waals surface area contributed by atoms with Crippen LogP contribution in [0.1, 0.15) is 24.0 Å². The zero-order chi connectivity index (χ0) is 11.1. The lowest BCUT2D eigenvalue weighted by Crippen LogP contribution is -2.04. The Hall–Kier alpha value is -0.580. The van der Waals surface area contributed by atoms with Crippen LogP contribution in [0.5, 0.6) is 0 Å². The lowest BCUT2D eigenvalue weighted by molar-refractivity contribution is 0.151. The second-order valence-corrected chi connectivity index (χ2v) is 6.69. The summed E-state index contributed by atoms with van der Waals surface area (Å²) in [5, 5.41) is 9.78. The molecule has 0 spiro atoms. The van der Waals surface area contributed by atoms with Gasteiger partial charge < -0.3 is 5.11 Å². The Morgan fingerprint density at radius 2 is 1.80 bits per heavy atom. The molecule has 0 heterocycles. The van der Waals surface area contributed by atoms with E-state index in [2.05, 4.69) is 0 Å². The van der Waals surface area contributed by atoms with Crippen molar-refractivity contribution in [2.45, 2.75) is 24.2 Å². The van der Waals surface area contributed by atoms with Gasteiger partial charge in [-0.1, -0.05) is 24.3 Å². The summed E-state index contributed by atoms with van der Waals surface area (Å²) in [6.45, 7) is 0. The molecular formula is C10H11ClO3S. The van der Waals surface area contributed by atoms with Crippen LogP contribution in [0.4, 0.5) is 0 Å². The third-order valence-electron chi connectivity index (χ3n) is 2.55. The molecule has 2 rings (SSSR count). The fourth-order valence-electron chi connectivity index (χ4n) is 1.52. The van der Waals surface area contributed by atoms with Crippen LogP contribution in [-0.2, 0) is 20.4 Å². The molecule has 3 nitrogen and oxygen atoms in total. The normalized spacial score (nSPS) is 18.8. The standard InChI is InChI=1S/C10H11ClO3S/c11-15(13,14)7-8-1-3-9(4-2-8)10(12)5-6-10/h1-4,12H,5-7H2. The van der Waals surface area contributed by atoms with Crippen LogP contribution >= 0.6 is 10.7 Å². The fraction of sp³-hybridized carbons (Fsp3) is 0.400. The van der Waals surface area contributed by atoms with Crippen molar-refractivity contribution < 1.29 is 13.5 Å². The Bertz CT molecular complexity index is 460. The Morgan fingerprint density at radius 1 is 1.27 bits per heavy atom. The molecule has 0 saturated heterocycles. The van der Waals surface area contributed by atoms with Gasteiger partial charge in [-0.05, 0) is 24.0 Å². The maximum atomic E-state index is 10.8.